The number of hydrogen-bond donors (Lipinski definition) is 1. The van der Waals surface area contributed by atoms with Gasteiger partial charge in [0.1, 0.15) is 0 Å². The second-order valence-electron chi connectivity index (χ2n) is 13.9. The first-order valence-corrected chi connectivity index (χ1v) is 20.0. The van der Waals surface area contributed by atoms with Gasteiger partial charge in [0.25, 0.3) is 0 Å². The monoisotopic (exact) mass is 623 g/mol. The summed E-state index contributed by atoms with van der Waals surface area (Å²) in [7, 11) is 0. The Kier molecular flexibility index (Phi) is 35.5. The minimum atomic E-state index is -0.664. The van der Waals surface area contributed by atoms with E-state index in [2.05, 4.69) is 13.8 Å². The Balaban J connectivity index is 3.27. The number of hydrogen-bond acceptors (Lipinski definition) is 3. The van der Waals surface area contributed by atoms with E-state index >= 15 is 0 Å². The van der Waals surface area contributed by atoms with E-state index in [0.717, 1.165) is 25.7 Å². The molecule has 0 spiro atoms. The Morgan fingerprint density at radius 3 is 1.02 bits per heavy atom. The number of esters is 1. The second kappa shape index (κ2) is 36.4. The second-order valence-corrected chi connectivity index (χ2v) is 13.9. The number of unbranched alkanes of at least 4 members (excludes halogenated alkanes) is 30. The summed E-state index contributed by atoms with van der Waals surface area (Å²) in [6.45, 7) is 4.35. The van der Waals surface area contributed by atoms with E-state index < -0.39 is 5.97 Å². The fourth-order valence-corrected chi connectivity index (χ4v) is 6.34. The van der Waals surface area contributed by atoms with Gasteiger partial charge in [0.15, 0.2) is 0 Å². The number of carboxylic acid groups (broad SMARTS) is 1. The van der Waals surface area contributed by atoms with E-state index in [1.807, 2.05) is 0 Å². The zero-order chi connectivity index (χ0) is 32.2. The fraction of sp³-hybridized carbons (Fsp3) is 0.950. The summed E-state index contributed by atoms with van der Waals surface area (Å²) in [4.78, 5) is 22.7. The Morgan fingerprint density at radius 2 is 0.705 bits per heavy atom. The average Bonchev–Trinajstić information content (AvgIpc) is 3.00. The van der Waals surface area contributed by atoms with Crippen LogP contribution in [0, 0.1) is 0 Å². The normalized spacial score (nSPS) is 12.0. The van der Waals surface area contributed by atoms with E-state index in [9.17, 15) is 9.59 Å². The van der Waals surface area contributed by atoms with E-state index in [1.165, 1.54) is 186 Å². The molecule has 1 N–H and O–H groups in total. The van der Waals surface area contributed by atoms with Gasteiger partial charge < -0.3 is 9.84 Å². The van der Waals surface area contributed by atoms with Crippen molar-refractivity contribution in [1.29, 1.82) is 0 Å². The molecule has 0 fully saturated rings. The minimum absolute atomic E-state index is 0.00852. The molecule has 262 valence electrons. The predicted molar refractivity (Wildman–Crippen MR) is 190 cm³/mol. The SMILES string of the molecule is CCCCCCCCCCCCCCCCCCCC(=O)OC(C)CCCCCCCCCCCCCCCCCC(=O)O. The maximum absolute atomic E-state index is 12.2. The van der Waals surface area contributed by atoms with Crippen molar-refractivity contribution in [2.24, 2.45) is 0 Å². The van der Waals surface area contributed by atoms with Crippen molar-refractivity contribution in [3.8, 4) is 0 Å². The fourth-order valence-electron chi connectivity index (χ4n) is 6.34. The molecule has 0 aromatic rings. The van der Waals surface area contributed by atoms with Crippen molar-refractivity contribution in [3.05, 3.63) is 0 Å². The predicted octanol–water partition coefficient (Wildman–Crippen LogP) is 13.7. The number of ether oxygens (including phenoxy) is 1. The summed E-state index contributed by atoms with van der Waals surface area (Å²) >= 11 is 0. The Labute approximate surface area is 275 Å². The van der Waals surface area contributed by atoms with Crippen molar-refractivity contribution in [1.82, 2.24) is 0 Å². The van der Waals surface area contributed by atoms with Crippen molar-refractivity contribution < 1.29 is 19.4 Å². The Hall–Kier alpha value is -1.06. The highest BCUT2D eigenvalue weighted by atomic mass is 16.5. The van der Waals surface area contributed by atoms with Gasteiger partial charge in [-0.1, -0.05) is 193 Å². The molecule has 0 bridgehead atoms. The molecular formula is C40H78O4. The first-order chi connectivity index (χ1) is 21.6. The standard InChI is InChI=1S/C40H78O4/c1-3-4-5-6-7-8-9-10-11-12-16-19-22-25-28-31-34-37-40(43)44-38(2)35-32-29-26-23-20-17-14-13-15-18-21-24-27-30-33-36-39(41)42/h38H,3-37H2,1-2H3,(H,41,42). The topological polar surface area (TPSA) is 63.6 Å². The van der Waals surface area contributed by atoms with Crippen LogP contribution in [0.25, 0.3) is 0 Å². The highest BCUT2D eigenvalue weighted by Gasteiger charge is 2.09. The van der Waals surface area contributed by atoms with E-state index in [4.69, 9.17) is 9.84 Å². The zero-order valence-electron chi connectivity index (χ0n) is 30.0. The van der Waals surface area contributed by atoms with Crippen LogP contribution < -0.4 is 0 Å². The lowest BCUT2D eigenvalue weighted by molar-refractivity contribution is -0.148. The molecule has 1 atom stereocenters. The number of aliphatic carboxylic acids is 1. The maximum atomic E-state index is 12.2. The first-order valence-electron chi connectivity index (χ1n) is 20.0. The van der Waals surface area contributed by atoms with Gasteiger partial charge in [-0.2, -0.15) is 0 Å². The van der Waals surface area contributed by atoms with Gasteiger partial charge in [-0.15, -0.1) is 0 Å². The summed E-state index contributed by atoms with van der Waals surface area (Å²) in [5.41, 5.74) is 0. The molecule has 44 heavy (non-hydrogen) atoms. The lowest BCUT2D eigenvalue weighted by Crippen LogP contribution is -2.14. The molecule has 0 rings (SSSR count). The quantitative estimate of drug-likeness (QED) is 0.0553. The smallest absolute Gasteiger partial charge is 0.306 e. The van der Waals surface area contributed by atoms with Gasteiger partial charge in [-0.25, -0.2) is 0 Å². The van der Waals surface area contributed by atoms with Crippen LogP contribution in [-0.2, 0) is 14.3 Å². The van der Waals surface area contributed by atoms with Gasteiger partial charge in [-0.3, -0.25) is 9.59 Å². The van der Waals surface area contributed by atoms with Crippen LogP contribution in [0.4, 0.5) is 0 Å². The molecule has 0 aliphatic carbocycles. The Morgan fingerprint density at radius 1 is 0.432 bits per heavy atom. The molecule has 4 heteroatoms. The van der Waals surface area contributed by atoms with Gasteiger partial charge in [0, 0.05) is 12.8 Å². The third kappa shape index (κ3) is 37.1. The van der Waals surface area contributed by atoms with Crippen LogP contribution in [0.15, 0.2) is 0 Å². The van der Waals surface area contributed by atoms with Crippen molar-refractivity contribution in [2.75, 3.05) is 0 Å². The van der Waals surface area contributed by atoms with Gasteiger partial charge >= 0.3 is 11.9 Å². The van der Waals surface area contributed by atoms with E-state index in [0.29, 0.717) is 12.8 Å². The lowest BCUT2D eigenvalue weighted by atomic mass is 10.0. The summed E-state index contributed by atoms with van der Waals surface area (Å²) < 4.78 is 5.65. The summed E-state index contributed by atoms with van der Waals surface area (Å²) in [5.74, 6) is -0.655. The zero-order valence-corrected chi connectivity index (χ0v) is 30.0. The van der Waals surface area contributed by atoms with Gasteiger partial charge in [0.2, 0.25) is 0 Å². The molecule has 0 heterocycles. The molecule has 0 amide bonds. The summed E-state index contributed by atoms with van der Waals surface area (Å²) in [6, 6.07) is 0. The number of rotatable bonds is 37. The van der Waals surface area contributed by atoms with Crippen LogP contribution in [0.3, 0.4) is 0 Å². The number of carbonyl (C=O) groups excluding carboxylic acids is 1. The summed E-state index contributed by atoms with van der Waals surface area (Å²) in [6.07, 6.45) is 44.0. The summed E-state index contributed by atoms with van der Waals surface area (Å²) in [5, 5.41) is 8.64. The van der Waals surface area contributed by atoms with Crippen LogP contribution in [0.2, 0.25) is 0 Å². The number of carboxylic acids is 1. The van der Waals surface area contributed by atoms with Crippen molar-refractivity contribution >= 4 is 11.9 Å². The molecule has 0 aromatic carbocycles. The van der Waals surface area contributed by atoms with Gasteiger partial charge in [0.05, 0.1) is 6.10 Å². The molecule has 0 aliphatic rings. The molecular weight excluding hydrogens is 544 g/mol. The molecule has 1 unspecified atom stereocenters. The molecule has 0 saturated carbocycles. The highest BCUT2D eigenvalue weighted by molar-refractivity contribution is 5.69. The molecule has 0 aliphatic heterocycles. The molecule has 0 aromatic heterocycles. The van der Waals surface area contributed by atoms with Crippen LogP contribution in [0.1, 0.15) is 239 Å². The van der Waals surface area contributed by atoms with Crippen LogP contribution in [-0.4, -0.2) is 23.1 Å². The third-order valence-electron chi connectivity index (χ3n) is 9.32. The van der Waals surface area contributed by atoms with Crippen molar-refractivity contribution in [3.63, 3.8) is 0 Å². The number of carbonyl (C=O) groups is 2. The minimum Gasteiger partial charge on any atom is -0.481 e. The van der Waals surface area contributed by atoms with E-state index in [1.54, 1.807) is 0 Å². The molecule has 0 radical (unpaired) electrons. The largest absolute Gasteiger partial charge is 0.481 e. The Bertz CT molecular complexity index is 590. The lowest BCUT2D eigenvalue weighted by Gasteiger charge is -2.13. The highest BCUT2D eigenvalue weighted by Crippen LogP contribution is 2.17. The van der Waals surface area contributed by atoms with Crippen LogP contribution in [0.5, 0.6) is 0 Å². The van der Waals surface area contributed by atoms with Crippen molar-refractivity contribution in [2.45, 2.75) is 245 Å². The average molecular weight is 623 g/mol. The molecule has 4 nitrogen and oxygen atoms in total. The van der Waals surface area contributed by atoms with Crippen LogP contribution >= 0.6 is 0 Å². The maximum Gasteiger partial charge on any atom is 0.306 e. The van der Waals surface area contributed by atoms with E-state index in [-0.39, 0.29) is 12.1 Å². The van der Waals surface area contributed by atoms with Gasteiger partial charge in [-0.05, 0) is 32.6 Å². The molecule has 0 saturated heterocycles. The third-order valence-corrected chi connectivity index (χ3v) is 9.32. The first kappa shape index (κ1) is 42.9.